The summed E-state index contributed by atoms with van der Waals surface area (Å²) >= 11 is 0. The van der Waals surface area contributed by atoms with Gasteiger partial charge in [-0.1, -0.05) is 17.3 Å². The number of benzene rings is 2. The van der Waals surface area contributed by atoms with Crippen LogP contribution >= 0.6 is 0 Å². The fourth-order valence-electron chi connectivity index (χ4n) is 4.58. The number of nitrogens with zero attached hydrogens (tertiary/aromatic N) is 4. The molecule has 0 saturated carbocycles. The maximum atomic E-state index is 11.2. The molecule has 2 heterocycles. The molecule has 0 bridgehead atoms. The third kappa shape index (κ3) is 5.00. The van der Waals surface area contributed by atoms with Gasteiger partial charge in [0.25, 0.3) is 0 Å². The molecule has 2 aromatic carbocycles. The zero-order valence-corrected chi connectivity index (χ0v) is 20.1. The monoisotopic (exact) mass is 467 g/mol. The minimum atomic E-state index is -0.239. The maximum Gasteiger partial charge on any atom is 0.138 e. The van der Waals surface area contributed by atoms with Crippen molar-refractivity contribution in [3.63, 3.8) is 0 Å². The summed E-state index contributed by atoms with van der Waals surface area (Å²) in [5, 5.41) is 3.29. The SMILES string of the molecule is CN(C)CCCOc1ccc(-c2nc(-c3ccc4c(c3)CCC4N=O)c(-c3ccncc3)[nH]2)cc1. The number of hydrogen-bond acceptors (Lipinski definition) is 6. The van der Waals surface area contributed by atoms with Crippen molar-refractivity contribution in [3.05, 3.63) is 83.0 Å². The van der Waals surface area contributed by atoms with Crippen LogP contribution in [0.1, 0.15) is 30.0 Å². The van der Waals surface area contributed by atoms with E-state index in [2.05, 4.69) is 40.2 Å². The summed E-state index contributed by atoms with van der Waals surface area (Å²) in [6.07, 6.45) is 6.18. The summed E-state index contributed by atoms with van der Waals surface area (Å²) in [7, 11) is 4.13. The van der Waals surface area contributed by atoms with E-state index in [1.54, 1.807) is 12.4 Å². The molecule has 0 amide bonds. The molecule has 5 rings (SSSR count). The summed E-state index contributed by atoms with van der Waals surface area (Å²) in [6, 6.07) is 18.0. The molecule has 1 N–H and O–H groups in total. The number of nitroso groups, excluding NO2 is 1. The van der Waals surface area contributed by atoms with Crippen LogP contribution in [0, 0.1) is 4.91 Å². The zero-order valence-electron chi connectivity index (χ0n) is 20.1. The van der Waals surface area contributed by atoms with Gasteiger partial charge in [0.1, 0.15) is 17.6 Å². The number of imidazole rings is 1. The van der Waals surface area contributed by atoms with Crippen molar-refractivity contribution in [1.29, 1.82) is 0 Å². The molecule has 0 radical (unpaired) electrons. The van der Waals surface area contributed by atoms with E-state index in [-0.39, 0.29) is 6.04 Å². The Hall–Kier alpha value is -3.84. The van der Waals surface area contributed by atoms with Gasteiger partial charge in [-0.25, -0.2) is 4.98 Å². The number of fused-ring (bicyclic) bond motifs is 1. The summed E-state index contributed by atoms with van der Waals surface area (Å²) in [4.78, 5) is 26.0. The van der Waals surface area contributed by atoms with Crippen LogP contribution < -0.4 is 4.74 Å². The molecule has 0 aliphatic heterocycles. The zero-order chi connectivity index (χ0) is 24.2. The Balaban J connectivity index is 1.45. The number of hydrogen-bond donors (Lipinski definition) is 1. The standard InChI is InChI=1S/C28H29N5O2/c1-33(2)16-3-17-35-23-8-4-20(5-9-23)28-30-26(19-12-14-29-15-13-19)27(31-28)22-6-10-24-21(18-22)7-11-25(24)32-34/h4-6,8-10,12-15,18,25H,3,7,11,16-17H2,1-2H3,(H,30,31). The van der Waals surface area contributed by atoms with Gasteiger partial charge >= 0.3 is 0 Å². The molecule has 35 heavy (non-hydrogen) atoms. The first-order chi connectivity index (χ1) is 17.1. The van der Waals surface area contributed by atoms with Crippen molar-refractivity contribution < 1.29 is 4.74 Å². The van der Waals surface area contributed by atoms with Crippen LogP contribution in [-0.4, -0.2) is 47.1 Å². The predicted octanol–water partition coefficient (Wildman–Crippen LogP) is 5.89. The van der Waals surface area contributed by atoms with Crippen LogP contribution in [0.25, 0.3) is 33.9 Å². The van der Waals surface area contributed by atoms with Gasteiger partial charge in [0.2, 0.25) is 0 Å². The largest absolute Gasteiger partial charge is 0.494 e. The highest BCUT2D eigenvalue weighted by molar-refractivity contribution is 5.81. The topological polar surface area (TPSA) is 83.5 Å². The van der Waals surface area contributed by atoms with E-state index in [0.717, 1.165) is 71.0 Å². The maximum absolute atomic E-state index is 11.2. The molecular weight excluding hydrogens is 438 g/mol. The number of pyridine rings is 1. The highest BCUT2D eigenvalue weighted by Crippen LogP contribution is 2.39. The Morgan fingerprint density at radius 2 is 1.80 bits per heavy atom. The summed E-state index contributed by atoms with van der Waals surface area (Å²) in [6.45, 7) is 1.69. The molecule has 1 aliphatic carbocycles. The average molecular weight is 468 g/mol. The third-order valence-electron chi connectivity index (χ3n) is 6.41. The highest BCUT2D eigenvalue weighted by Gasteiger charge is 2.24. The van der Waals surface area contributed by atoms with E-state index < -0.39 is 0 Å². The van der Waals surface area contributed by atoms with Gasteiger partial charge < -0.3 is 14.6 Å². The number of ether oxygens (including phenoxy) is 1. The smallest absolute Gasteiger partial charge is 0.138 e. The lowest BCUT2D eigenvalue weighted by Crippen LogP contribution is -2.15. The van der Waals surface area contributed by atoms with Crippen molar-refractivity contribution in [3.8, 4) is 39.7 Å². The summed E-state index contributed by atoms with van der Waals surface area (Å²) < 4.78 is 5.88. The van der Waals surface area contributed by atoms with E-state index in [1.807, 2.05) is 48.5 Å². The fourth-order valence-corrected chi connectivity index (χ4v) is 4.58. The van der Waals surface area contributed by atoms with Gasteiger partial charge in [-0.05, 0) is 86.9 Å². The fraction of sp³-hybridized carbons (Fsp3) is 0.286. The number of H-pyrrole nitrogens is 1. The van der Waals surface area contributed by atoms with Gasteiger partial charge in [-0.2, -0.15) is 4.91 Å². The van der Waals surface area contributed by atoms with Crippen LogP contribution in [0.5, 0.6) is 5.75 Å². The van der Waals surface area contributed by atoms with E-state index in [9.17, 15) is 4.91 Å². The number of rotatable bonds is 9. The number of aromatic amines is 1. The molecule has 0 spiro atoms. The first-order valence-corrected chi connectivity index (χ1v) is 12.0. The quantitative estimate of drug-likeness (QED) is 0.245. The van der Waals surface area contributed by atoms with Gasteiger partial charge in [0, 0.05) is 35.6 Å². The molecule has 0 saturated heterocycles. The molecule has 1 aliphatic rings. The van der Waals surface area contributed by atoms with Gasteiger partial charge in [0.15, 0.2) is 0 Å². The second-order valence-corrected chi connectivity index (χ2v) is 9.15. The van der Waals surface area contributed by atoms with Crippen molar-refractivity contribution in [2.24, 2.45) is 5.18 Å². The summed E-state index contributed by atoms with van der Waals surface area (Å²) in [5.74, 6) is 1.64. The highest BCUT2D eigenvalue weighted by atomic mass is 16.5. The minimum Gasteiger partial charge on any atom is -0.494 e. The first-order valence-electron chi connectivity index (χ1n) is 12.0. The van der Waals surface area contributed by atoms with Crippen molar-refractivity contribution in [1.82, 2.24) is 19.9 Å². The normalized spacial score (nSPS) is 14.8. The molecule has 0 fully saturated rings. The van der Waals surface area contributed by atoms with Gasteiger partial charge in [0.05, 0.1) is 18.0 Å². The number of aromatic nitrogens is 3. The van der Waals surface area contributed by atoms with Gasteiger partial charge in [-0.15, -0.1) is 0 Å². The van der Waals surface area contributed by atoms with E-state index in [0.29, 0.717) is 6.61 Å². The van der Waals surface area contributed by atoms with E-state index in [4.69, 9.17) is 9.72 Å². The Morgan fingerprint density at radius 1 is 1.03 bits per heavy atom. The van der Waals surface area contributed by atoms with E-state index >= 15 is 0 Å². The molecular formula is C28H29N5O2. The van der Waals surface area contributed by atoms with Gasteiger partial charge in [-0.3, -0.25) is 4.98 Å². The van der Waals surface area contributed by atoms with E-state index in [1.165, 1.54) is 5.56 Å². The van der Waals surface area contributed by atoms with Crippen LogP contribution in [-0.2, 0) is 6.42 Å². The molecule has 7 heteroatoms. The second kappa shape index (κ2) is 10.2. The Kier molecular flexibility index (Phi) is 6.68. The number of nitrogens with one attached hydrogen (secondary N) is 1. The lowest BCUT2D eigenvalue weighted by atomic mass is 10.0. The Morgan fingerprint density at radius 3 is 2.54 bits per heavy atom. The molecule has 178 valence electrons. The van der Waals surface area contributed by atoms with Crippen LogP contribution in [0.3, 0.4) is 0 Å². The van der Waals surface area contributed by atoms with Crippen molar-refractivity contribution >= 4 is 0 Å². The third-order valence-corrected chi connectivity index (χ3v) is 6.41. The van der Waals surface area contributed by atoms with Crippen LogP contribution in [0.15, 0.2) is 72.2 Å². The Labute approximate surface area is 205 Å². The Bertz CT molecular complexity index is 1300. The van der Waals surface area contributed by atoms with Crippen LogP contribution in [0.4, 0.5) is 0 Å². The lowest BCUT2D eigenvalue weighted by Gasteiger charge is -2.10. The predicted molar refractivity (Wildman–Crippen MR) is 138 cm³/mol. The average Bonchev–Trinajstić information content (AvgIpc) is 3.51. The molecule has 2 aromatic heterocycles. The van der Waals surface area contributed by atoms with Crippen LogP contribution in [0.2, 0.25) is 0 Å². The number of aryl methyl sites for hydroxylation is 1. The molecule has 4 aromatic rings. The van der Waals surface area contributed by atoms with Crippen molar-refractivity contribution in [2.45, 2.75) is 25.3 Å². The lowest BCUT2D eigenvalue weighted by molar-refractivity contribution is 0.281. The summed E-state index contributed by atoms with van der Waals surface area (Å²) in [5.41, 5.74) is 7.04. The first kappa shape index (κ1) is 22.9. The minimum absolute atomic E-state index is 0.239. The second-order valence-electron chi connectivity index (χ2n) is 9.15. The molecule has 1 unspecified atom stereocenters. The van der Waals surface area contributed by atoms with Crippen molar-refractivity contribution in [2.75, 3.05) is 27.2 Å². The molecule has 1 atom stereocenters. The molecule has 7 nitrogen and oxygen atoms in total.